The Hall–Kier alpha value is -4.88. The van der Waals surface area contributed by atoms with Crippen molar-refractivity contribution in [2.24, 2.45) is 0 Å². The molecule has 0 aliphatic heterocycles. The third kappa shape index (κ3) is 3.73. The molecule has 1 heteroatoms. The number of benzene rings is 6. The molecule has 0 aliphatic rings. The maximum Gasteiger partial charge on any atom is 0.0547 e. The molecule has 0 saturated heterocycles. The molecule has 0 unspecified atom stereocenters. The average molecular weight is 472 g/mol. The molecule has 1 nitrogen and oxygen atoms in total. The molecule has 0 bridgehead atoms. The first kappa shape index (κ1) is 21.4. The van der Waals surface area contributed by atoms with Gasteiger partial charge in [-0.3, -0.25) is 0 Å². The summed E-state index contributed by atoms with van der Waals surface area (Å²) in [5, 5.41) is 2.56. The van der Waals surface area contributed by atoms with Crippen LogP contribution in [0.2, 0.25) is 0 Å². The lowest BCUT2D eigenvalue weighted by Gasteiger charge is -2.11. The number of nitrogens with zero attached hydrogens (tertiary/aromatic N) is 1. The molecule has 0 fully saturated rings. The van der Waals surface area contributed by atoms with Crippen LogP contribution in [0.3, 0.4) is 0 Å². The molecule has 6 aromatic carbocycles. The Balaban J connectivity index is 1.42. The van der Waals surface area contributed by atoms with E-state index in [1.165, 1.54) is 60.9 Å². The standard InChI is InChI=1S/C36H25N/c1-3-11-26(12-4-1)28-21-23-31(24-22-28)37-34-19-8-7-17-33(34)36-32(18-10-20-35(36)37)30-16-9-15-29(25-30)27-13-5-2-6-14-27/h1-25H. The van der Waals surface area contributed by atoms with Crippen LogP contribution in [0, 0.1) is 0 Å². The summed E-state index contributed by atoms with van der Waals surface area (Å²) in [6.07, 6.45) is 0. The molecular weight excluding hydrogens is 446 g/mol. The smallest absolute Gasteiger partial charge is 0.0547 e. The Morgan fingerprint density at radius 1 is 0.351 bits per heavy atom. The summed E-state index contributed by atoms with van der Waals surface area (Å²) in [5.74, 6) is 0. The molecule has 0 amide bonds. The zero-order valence-corrected chi connectivity index (χ0v) is 20.4. The van der Waals surface area contributed by atoms with Crippen molar-refractivity contribution < 1.29 is 0 Å². The fourth-order valence-corrected chi connectivity index (χ4v) is 5.47. The number of aromatic nitrogens is 1. The summed E-state index contributed by atoms with van der Waals surface area (Å²) in [4.78, 5) is 0. The number of hydrogen-bond acceptors (Lipinski definition) is 0. The zero-order chi connectivity index (χ0) is 24.6. The van der Waals surface area contributed by atoms with Gasteiger partial charge in [0, 0.05) is 16.5 Å². The molecule has 37 heavy (non-hydrogen) atoms. The summed E-state index contributed by atoms with van der Waals surface area (Å²) in [5.41, 5.74) is 11.0. The van der Waals surface area contributed by atoms with Gasteiger partial charge in [0.15, 0.2) is 0 Å². The number of para-hydroxylation sites is 1. The van der Waals surface area contributed by atoms with E-state index < -0.39 is 0 Å². The Bertz CT molecular complexity index is 1840. The molecule has 7 aromatic rings. The highest BCUT2D eigenvalue weighted by Crippen LogP contribution is 2.39. The van der Waals surface area contributed by atoms with E-state index in [2.05, 4.69) is 156 Å². The summed E-state index contributed by atoms with van der Waals surface area (Å²) >= 11 is 0. The van der Waals surface area contributed by atoms with E-state index >= 15 is 0 Å². The molecule has 0 aliphatic carbocycles. The van der Waals surface area contributed by atoms with E-state index in [0.29, 0.717) is 0 Å². The number of fused-ring (bicyclic) bond motifs is 3. The lowest BCUT2D eigenvalue weighted by atomic mass is 9.96. The van der Waals surface area contributed by atoms with E-state index in [1.54, 1.807) is 0 Å². The second-order valence-electron chi connectivity index (χ2n) is 9.41. The number of rotatable bonds is 4. The average Bonchev–Trinajstić information content (AvgIpc) is 3.33. The van der Waals surface area contributed by atoms with Crippen LogP contribution in [-0.4, -0.2) is 4.57 Å². The summed E-state index contributed by atoms with van der Waals surface area (Å²) < 4.78 is 2.39. The normalized spacial score (nSPS) is 11.2. The first-order chi connectivity index (χ1) is 18.4. The fraction of sp³-hybridized carbons (Fsp3) is 0. The Morgan fingerprint density at radius 3 is 1.65 bits per heavy atom. The first-order valence-corrected chi connectivity index (χ1v) is 12.7. The molecule has 1 heterocycles. The van der Waals surface area contributed by atoms with Gasteiger partial charge in [-0.1, -0.05) is 121 Å². The number of hydrogen-bond donors (Lipinski definition) is 0. The van der Waals surface area contributed by atoms with Gasteiger partial charge in [0.2, 0.25) is 0 Å². The van der Waals surface area contributed by atoms with Crippen molar-refractivity contribution in [1.29, 1.82) is 0 Å². The van der Waals surface area contributed by atoms with Crippen molar-refractivity contribution in [3.63, 3.8) is 0 Å². The maximum absolute atomic E-state index is 2.39. The summed E-state index contributed by atoms with van der Waals surface area (Å²) in [6.45, 7) is 0. The van der Waals surface area contributed by atoms with Crippen molar-refractivity contribution >= 4 is 21.8 Å². The predicted octanol–water partition coefficient (Wildman–Crippen LogP) is 9.78. The van der Waals surface area contributed by atoms with Crippen LogP contribution >= 0.6 is 0 Å². The molecule has 0 N–H and O–H groups in total. The second kappa shape index (κ2) is 8.96. The van der Waals surface area contributed by atoms with Gasteiger partial charge >= 0.3 is 0 Å². The Morgan fingerprint density at radius 2 is 0.892 bits per heavy atom. The lowest BCUT2D eigenvalue weighted by Crippen LogP contribution is -1.93. The minimum atomic E-state index is 1.17. The monoisotopic (exact) mass is 471 g/mol. The SMILES string of the molecule is c1ccc(-c2ccc(-n3c4ccccc4c4c(-c5cccc(-c6ccccc6)c5)cccc43)cc2)cc1. The first-order valence-electron chi connectivity index (χ1n) is 12.7. The van der Waals surface area contributed by atoms with Crippen LogP contribution in [0.4, 0.5) is 0 Å². The molecular formula is C36H25N. The maximum atomic E-state index is 2.39. The highest BCUT2D eigenvalue weighted by Gasteiger charge is 2.16. The second-order valence-corrected chi connectivity index (χ2v) is 9.41. The highest BCUT2D eigenvalue weighted by atomic mass is 15.0. The molecule has 0 radical (unpaired) electrons. The zero-order valence-electron chi connectivity index (χ0n) is 20.4. The summed E-state index contributed by atoms with van der Waals surface area (Å²) in [6, 6.07) is 54.4. The van der Waals surface area contributed by atoms with Crippen LogP contribution in [-0.2, 0) is 0 Å². The van der Waals surface area contributed by atoms with E-state index in [9.17, 15) is 0 Å². The van der Waals surface area contributed by atoms with Crippen LogP contribution < -0.4 is 0 Å². The molecule has 0 spiro atoms. The predicted molar refractivity (Wildman–Crippen MR) is 157 cm³/mol. The van der Waals surface area contributed by atoms with E-state index in [1.807, 2.05) is 0 Å². The minimum Gasteiger partial charge on any atom is -0.309 e. The van der Waals surface area contributed by atoms with Gasteiger partial charge in [0.1, 0.15) is 0 Å². The van der Waals surface area contributed by atoms with E-state index in [4.69, 9.17) is 0 Å². The molecule has 174 valence electrons. The molecule has 0 saturated carbocycles. The molecule has 1 aromatic heterocycles. The third-order valence-electron chi connectivity index (χ3n) is 7.21. The minimum absolute atomic E-state index is 1.17. The van der Waals surface area contributed by atoms with Crippen molar-refractivity contribution in [2.45, 2.75) is 0 Å². The van der Waals surface area contributed by atoms with Gasteiger partial charge < -0.3 is 4.57 Å². The topological polar surface area (TPSA) is 4.93 Å². The van der Waals surface area contributed by atoms with Gasteiger partial charge in [-0.25, -0.2) is 0 Å². The van der Waals surface area contributed by atoms with Crippen LogP contribution in [0.5, 0.6) is 0 Å². The van der Waals surface area contributed by atoms with Crippen molar-refractivity contribution in [3.8, 4) is 39.1 Å². The van der Waals surface area contributed by atoms with Gasteiger partial charge in [0.25, 0.3) is 0 Å². The van der Waals surface area contributed by atoms with Gasteiger partial charge in [-0.15, -0.1) is 0 Å². The van der Waals surface area contributed by atoms with Crippen molar-refractivity contribution in [2.75, 3.05) is 0 Å². The van der Waals surface area contributed by atoms with E-state index in [0.717, 1.165) is 0 Å². The van der Waals surface area contributed by atoms with Crippen molar-refractivity contribution in [1.82, 2.24) is 4.57 Å². The quantitative estimate of drug-likeness (QED) is 0.241. The van der Waals surface area contributed by atoms with Crippen LogP contribution in [0.1, 0.15) is 0 Å². The van der Waals surface area contributed by atoms with Gasteiger partial charge in [-0.05, 0) is 63.7 Å². The fourth-order valence-electron chi connectivity index (χ4n) is 5.47. The van der Waals surface area contributed by atoms with Crippen molar-refractivity contribution in [3.05, 3.63) is 152 Å². The Kier molecular flexibility index (Phi) is 5.19. The van der Waals surface area contributed by atoms with E-state index in [-0.39, 0.29) is 0 Å². The molecule has 7 rings (SSSR count). The Labute approximate surface area is 216 Å². The lowest BCUT2D eigenvalue weighted by molar-refractivity contribution is 1.18. The highest BCUT2D eigenvalue weighted by molar-refractivity contribution is 6.15. The molecule has 0 atom stereocenters. The third-order valence-corrected chi connectivity index (χ3v) is 7.21. The summed E-state index contributed by atoms with van der Waals surface area (Å²) in [7, 11) is 0. The van der Waals surface area contributed by atoms with Gasteiger partial charge in [-0.2, -0.15) is 0 Å². The van der Waals surface area contributed by atoms with Crippen LogP contribution in [0.15, 0.2) is 152 Å². The largest absolute Gasteiger partial charge is 0.309 e. The van der Waals surface area contributed by atoms with Crippen LogP contribution in [0.25, 0.3) is 60.9 Å². The van der Waals surface area contributed by atoms with Gasteiger partial charge in [0.05, 0.1) is 11.0 Å².